The van der Waals surface area contributed by atoms with E-state index in [-0.39, 0.29) is 17.4 Å². The highest BCUT2D eigenvalue weighted by molar-refractivity contribution is 6.01. The molecule has 1 atom stereocenters. The van der Waals surface area contributed by atoms with Crippen molar-refractivity contribution in [3.8, 4) is 0 Å². The number of nitrogens with zero attached hydrogens (tertiary/aromatic N) is 1. The Kier molecular flexibility index (Phi) is 1.78. The van der Waals surface area contributed by atoms with Gasteiger partial charge in [0.25, 0.3) is 0 Å². The summed E-state index contributed by atoms with van der Waals surface area (Å²) in [7, 11) is 0. The summed E-state index contributed by atoms with van der Waals surface area (Å²) < 4.78 is 0. The fourth-order valence-electron chi connectivity index (χ4n) is 1.27. The number of oxime groups is 1. The lowest BCUT2D eigenvalue weighted by atomic mass is 10.1. The Balaban J connectivity index is 1.88. The molecule has 0 aromatic carbocycles. The number of amidine groups is 1. The van der Waals surface area contributed by atoms with Gasteiger partial charge in [-0.05, 0) is 19.8 Å². The molecular formula is C9H14N2O2. The van der Waals surface area contributed by atoms with Crippen LogP contribution in [0.3, 0.4) is 0 Å². The van der Waals surface area contributed by atoms with E-state index in [1.54, 1.807) is 0 Å². The van der Waals surface area contributed by atoms with Crippen LogP contribution in [0.2, 0.25) is 0 Å². The molecule has 0 aromatic heterocycles. The predicted octanol–water partition coefficient (Wildman–Crippen LogP) is 1.02. The Morgan fingerprint density at radius 2 is 2.38 bits per heavy atom. The Bertz CT molecular complexity index is 269. The maximum atomic E-state index is 11.5. The standard InChI is InChI=1S/C9H14N2O2/c1-6-5-7(11-13-6)10-8(12)9(2)3-4-9/h6H,3-5H2,1-2H3,(H,10,11,12). The van der Waals surface area contributed by atoms with Crippen LogP contribution in [0.5, 0.6) is 0 Å². The third kappa shape index (κ3) is 1.66. The van der Waals surface area contributed by atoms with Crippen molar-refractivity contribution >= 4 is 11.7 Å². The van der Waals surface area contributed by atoms with Gasteiger partial charge >= 0.3 is 0 Å². The minimum Gasteiger partial charge on any atom is -0.391 e. The van der Waals surface area contributed by atoms with Gasteiger partial charge in [-0.2, -0.15) is 0 Å². The summed E-state index contributed by atoms with van der Waals surface area (Å²) in [6.45, 7) is 3.91. The van der Waals surface area contributed by atoms with Gasteiger partial charge in [0, 0.05) is 11.8 Å². The second-order valence-corrected chi connectivity index (χ2v) is 4.17. The fraction of sp³-hybridized carbons (Fsp3) is 0.778. The highest BCUT2D eigenvalue weighted by atomic mass is 16.6. The molecule has 4 heteroatoms. The second kappa shape index (κ2) is 2.72. The highest BCUT2D eigenvalue weighted by Crippen LogP contribution is 2.45. The number of carbonyl (C=O) groups excluding carboxylic acids is 1. The van der Waals surface area contributed by atoms with Crippen LogP contribution < -0.4 is 5.32 Å². The monoisotopic (exact) mass is 182 g/mol. The van der Waals surface area contributed by atoms with E-state index in [1.807, 2.05) is 13.8 Å². The van der Waals surface area contributed by atoms with Crippen molar-refractivity contribution in [3.63, 3.8) is 0 Å². The molecule has 13 heavy (non-hydrogen) atoms. The van der Waals surface area contributed by atoms with E-state index in [0.29, 0.717) is 12.3 Å². The van der Waals surface area contributed by atoms with E-state index in [2.05, 4.69) is 10.5 Å². The van der Waals surface area contributed by atoms with Gasteiger partial charge in [0.15, 0.2) is 5.84 Å². The van der Waals surface area contributed by atoms with E-state index in [4.69, 9.17) is 4.84 Å². The van der Waals surface area contributed by atoms with Crippen LogP contribution in [0, 0.1) is 5.41 Å². The zero-order chi connectivity index (χ0) is 9.47. The molecule has 1 unspecified atom stereocenters. The van der Waals surface area contributed by atoms with Crippen LogP contribution in [0.25, 0.3) is 0 Å². The van der Waals surface area contributed by atoms with E-state index in [1.165, 1.54) is 0 Å². The fourth-order valence-corrected chi connectivity index (χ4v) is 1.27. The molecule has 1 heterocycles. The minimum absolute atomic E-state index is 0.0870. The zero-order valence-corrected chi connectivity index (χ0v) is 7.96. The van der Waals surface area contributed by atoms with Crippen molar-refractivity contribution < 1.29 is 9.63 Å². The molecule has 0 saturated heterocycles. The first kappa shape index (κ1) is 8.53. The minimum atomic E-state index is -0.131. The van der Waals surface area contributed by atoms with Gasteiger partial charge in [0.05, 0.1) is 0 Å². The molecule has 1 N–H and O–H groups in total. The van der Waals surface area contributed by atoms with Gasteiger partial charge in [-0.15, -0.1) is 0 Å². The molecule has 0 bridgehead atoms. The van der Waals surface area contributed by atoms with Gasteiger partial charge in [0.1, 0.15) is 6.10 Å². The summed E-state index contributed by atoms with van der Waals surface area (Å²) in [5.74, 6) is 0.759. The van der Waals surface area contributed by atoms with E-state index in [9.17, 15) is 4.79 Å². The Morgan fingerprint density at radius 1 is 1.69 bits per heavy atom. The summed E-state index contributed by atoms with van der Waals surface area (Å²) in [4.78, 5) is 16.5. The average molecular weight is 182 g/mol. The van der Waals surface area contributed by atoms with Crippen molar-refractivity contribution in [2.75, 3.05) is 0 Å². The predicted molar refractivity (Wildman–Crippen MR) is 48.1 cm³/mol. The lowest BCUT2D eigenvalue weighted by molar-refractivity contribution is -0.124. The molecule has 2 aliphatic rings. The Labute approximate surface area is 77.3 Å². The van der Waals surface area contributed by atoms with E-state index >= 15 is 0 Å². The van der Waals surface area contributed by atoms with Crippen LogP contribution in [-0.4, -0.2) is 17.8 Å². The zero-order valence-electron chi connectivity index (χ0n) is 7.96. The van der Waals surface area contributed by atoms with E-state index in [0.717, 1.165) is 12.8 Å². The van der Waals surface area contributed by atoms with Crippen molar-refractivity contribution in [1.29, 1.82) is 0 Å². The number of nitrogens with one attached hydrogen (secondary N) is 1. The summed E-state index contributed by atoms with van der Waals surface area (Å²) in [6.07, 6.45) is 2.79. The van der Waals surface area contributed by atoms with Gasteiger partial charge < -0.3 is 10.2 Å². The van der Waals surface area contributed by atoms with Gasteiger partial charge in [-0.25, -0.2) is 0 Å². The van der Waals surface area contributed by atoms with Gasteiger partial charge in [-0.3, -0.25) is 4.79 Å². The maximum absolute atomic E-state index is 11.5. The Morgan fingerprint density at radius 3 is 2.85 bits per heavy atom. The SMILES string of the molecule is CC1CC(NC(=O)C2(C)CC2)=NO1. The molecule has 1 saturated carbocycles. The molecular weight excluding hydrogens is 168 g/mol. The average Bonchev–Trinajstić information content (AvgIpc) is 2.69. The number of rotatable bonds is 1. The van der Waals surface area contributed by atoms with Crippen molar-refractivity contribution in [1.82, 2.24) is 5.32 Å². The van der Waals surface area contributed by atoms with Gasteiger partial charge in [0.2, 0.25) is 5.91 Å². The van der Waals surface area contributed by atoms with Crippen LogP contribution in [0.1, 0.15) is 33.1 Å². The molecule has 2 rings (SSSR count). The molecule has 0 spiro atoms. The topological polar surface area (TPSA) is 50.7 Å². The number of amides is 1. The third-order valence-corrected chi connectivity index (χ3v) is 2.63. The second-order valence-electron chi connectivity index (χ2n) is 4.17. The first-order valence-electron chi connectivity index (χ1n) is 4.64. The molecule has 1 aliphatic heterocycles. The van der Waals surface area contributed by atoms with Crippen molar-refractivity contribution in [2.45, 2.75) is 39.2 Å². The number of carbonyl (C=O) groups is 1. The van der Waals surface area contributed by atoms with Gasteiger partial charge in [-0.1, -0.05) is 12.1 Å². The lowest BCUT2D eigenvalue weighted by Crippen LogP contribution is -2.35. The molecule has 1 aliphatic carbocycles. The summed E-state index contributed by atoms with van der Waals surface area (Å²) in [5.41, 5.74) is -0.131. The molecule has 4 nitrogen and oxygen atoms in total. The lowest BCUT2D eigenvalue weighted by Gasteiger charge is -2.07. The van der Waals surface area contributed by atoms with Crippen molar-refractivity contribution in [3.05, 3.63) is 0 Å². The van der Waals surface area contributed by atoms with Crippen LogP contribution in [0.15, 0.2) is 5.16 Å². The normalized spacial score (nSPS) is 29.1. The van der Waals surface area contributed by atoms with E-state index < -0.39 is 0 Å². The number of hydrogen-bond donors (Lipinski definition) is 1. The van der Waals surface area contributed by atoms with Crippen LogP contribution in [-0.2, 0) is 9.63 Å². The first-order valence-corrected chi connectivity index (χ1v) is 4.64. The summed E-state index contributed by atoms with van der Waals surface area (Å²) in [6, 6.07) is 0. The van der Waals surface area contributed by atoms with Crippen LogP contribution in [0.4, 0.5) is 0 Å². The quantitative estimate of drug-likeness (QED) is 0.658. The largest absolute Gasteiger partial charge is 0.391 e. The smallest absolute Gasteiger partial charge is 0.231 e. The highest BCUT2D eigenvalue weighted by Gasteiger charge is 2.45. The summed E-state index contributed by atoms with van der Waals surface area (Å²) >= 11 is 0. The Hall–Kier alpha value is -1.06. The number of hydrogen-bond acceptors (Lipinski definition) is 3. The molecule has 72 valence electrons. The van der Waals surface area contributed by atoms with Crippen LogP contribution >= 0.6 is 0 Å². The van der Waals surface area contributed by atoms with Crippen molar-refractivity contribution in [2.24, 2.45) is 10.6 Å². The molecule has 0 aromatic rings. The summed E-state index contributed by atoms with van der Waals surface area (Å²) in [5, 5.41) is 6.58. The first-order chi connectivity index (χ1) is 6.10. The maximum Gasteiger partial charge on any atom is 0.231 e. The molecule has 1 fully saturated rings. The third-order valence-electron chi connectivity index (χ3n) is 2.63. The molecule has 1 amide bonds. The molecule has 0 radical (unpaired) electrons.